The van der Waals surface area contributed by atoms with Crippen LogP contribution in [0.5, 0.6) is 0 Å². The molecule has 25 heteroatoms. The summed E-state index contributed by atoms with van der Waals surface area (Å²) in [6.45, 7) is 9.54. The number of rotatable bonds is 54. The van der Waals surface area contributed by atoms with Gasteiger partial charge in [0.25, 0.3) is 0 Å². The SMILES string of the molecule is CCCCNC(=O)CCOCCOCCOCCOCCOCCOCCOCCOCCOCCOCCOCCOCCN(C[C@H](O)[C@@H](O)[C@H](O)[C@@H](O)CO)C[C@H](O)[C@@H](O)[C@H](O)[C@@H](O)CO. The van der Waals surface area contributed by atoms with E-state index in [0.717, 1.165) is 12.8 Å². The van der Waals surface area contributed by atoms with Gasteiger partial charge in [-0.15, -0.1) is 0 Å². The molecule has 0 bridgehead atoms. The smallest absolute Gasteiger partial charge is 0.222 e. The molecule has 0 saturated heterocycles. The number of carbonyl (C=O) groups excluding carboxylic acids is 1. The van der Waals surface area contributed by atoms with Crippen molar-refractivity contribution in [1.82, 2.24) is 10.2 Å². The number of ether oxygens (including phenoxy) is 12. The predicted octanol–water partition coefficient (Wildman–Crippen LogP) is -5.33. The van der Waals surface area contributed by atoms with E-state index < -0.39 is 75.1 Å². The number of unbranched alkanes of at least 4 members (excludes halogenated alkanes) is 1. The highest BCUT2D eigenvalue weighted by molar-refractivity contribution is 5.75. The van der Waals surface area contributed by atoms with E-state index in [-0.39, 0.29) is 32.3 Å². The number of carbonyl (C=O) groups is 1. The van der Waals surface area contributed by atoms with Crippen molar-refractivity contribution in [3.8, 4) is 0 Å². The standard InChI is InChI=1S/C43H88N2O23/c1-2-3-5-44-39(52)4-7-57-9-11-59-13-15-61-17-19-63-21-23-65-25-27-67-29-30-68-28-26-66-24-22-64-20-18-62-16-14-60-12-10-58-8-6-45(31-35(48)40(53)42(55)37(50)33-46)32-36(49)41(54)43(56)38(51)34-47/h35-38,40-43,46-51,53-56H,2-34H2,1H3,(H,44,52)/t35-,36-,37-,38-,40+,41+,42+,43+/m0/s1. The van der Waals surface area contributed by atoms with Gasteiger partial charge in [-0.05, 0) is 6.42 Å². The normalized spacial score (nSPS) is 15.6. The summed E-state index contributed by atoms with van der Waals surface area (Å²) in [4.78, 5) is 12.9. The quantitative estimate of drug-likeness (QED) is 0.0254. The number of hydrogen-bond acceptors (Lipinski definition) is 24. The first kappa shape index (κ1) is 66.6. The first-order valence-corrected chi connectivity index (χ1v) is 23.6. The van der Waals surface area contributed by atoms with Crippen LogP contribution in [0.3, 0.4) is 0 Å². The largest absolute Gasteiger partial charge is 0.394 e. The second kappa shape index (κ2) is 49.1. The average molecular weight is 1000 g/mol. The van der Waals surface area contributed by atoms with Gasteiger partial charge in [-0.25, -0.2) is 0 Å². The van der Waals surface area contributed by atoms with E-state index in [1.165, 1.54) is 4.90 Å². The van der Waals surface area contributed by atoms with Crippen LogP contribution >= 0.6 is 0 Å². The van der Waals surface area contributed by atoms with Crippen LogP contribution < -0.4 is 5.32 Å². The Bertz CT molecular complexity index is 1040. The molecule has 0 spiro atoms. The molecular formula is C43H88N2O23. The highest BCUT2D eigenvalue weighted by Crippen LogP contribution is 2.11. The second-order valence-corrected chi connectivity index (χ2v) is 15.2. The third-order valence-corrected chi connectivity index (χ3v) is 9.51. The van der Waals surface area contributed by atoms with E-state index in [0.29, 0.717) is 152 Å². The maximum atomic E-state index is 11.6. The number of aliphatic hydroxyl groups excluding tert-OH is 10. The number of hydrogen-bond donors (Lipinski definition) is 11. The molecule has 408 valence electrons. The van der Waals surface area contributed by atoms with Gasteiger partial charge in [-0.3, -0.25) is 9.69 Å². The van der Waals surface area contributed by atoms with Crippen LogP contribution in [0.15, 0.2) is 0 Å². The average Bonchev–Trinajstić information content (AvgIpc) is 3.34. The molecule has 0 heterocycles. The van der Waals surface area contributed by atoms with Gasteiger partial charge < -0.3 is 113 Å². The Morgan fingerprint density at radius 3 is 0.912 bits per heavy atom. The highest BCUT2D eigenvalue weighted by Gasteiger charge is 2.34. The van der Waals surface area contributed by atoms with Crippen molar-refractivity contribution in [3.05, 3.63) is 0 Å². The summed E-state index contributed by atoms with van der Waals surface area (Å²) in [6.07, 6.45) is -11.9. The van der Waals surface area contributed by atoms with E-state index in [4.69, 9.17) is 67.1 Å². The van der Waals surface area contributed by atoms with Crippen molar-refractivity contribution in [2.45, 2.75) is 75.0 Å². The Morgan fingerprint density at radius 2 is 0.647 bits per heavy atom. The van der Waals surface area contributed by atoms with E-state index in [2.05, 4.69) is 12.2 Å². The molecule has 0 radical (unpaired) electrons. The molecule has 8 atom stereocenters. The zero-order chi connectivity index (χ0) is 50.3. The monoisotopic (exact) mass is 1000 g/mol. The van der Waals surface area contributed by atoms with Gasteiger partial charge in [-0.1, -0.05) is 13.3 Å². The summed E-state index contributed by atoms with van der Waals surface area (Å²) < 4.78 is 65.6. The molecule has 0 aromatic carbocycles. The fraction of sp³-hybridized carbons (Fsp3) is 0.977. The molecule has 0 aromatic heterocycles. The number of aliphatic hydroxyl groups is 10. The lowest BCUT2D eigenvalue weighted by atomic mass is 10.0. The van der Waals surface area contributed by atoms with Crippen molar-refractivity contribution in [3.63, 3.8) is 0 Å². The van der Waals surface area contributed by atoms with E-state index in [9.17, 15) is 45.6 Å². The van der Waals surface area contributed by atoms with Crippen molar-refractivity contribution in [1.29, 1.82) is 0 Å². The van der Waals surface area contributed by atoms with Gasteiger partial charge >= 0.3 is 0 Å². The summed E-state index contributed by atoms with van der Waals surface area (Å²) in [5.74, 6) is 0.00855. The van der Waals surface area contributed by atoms with Gasteiger partial charge in [0.15, 0.2) is 0 Å². The molecule has 0 aliphatic carbocycles. The maximum absolute atomic E-state index is 11.6. The first-order valence-electron chi connectivity index (χ1n) is 23.6. The summed E-state index contributed by atoms with van der Waals surface area (Å²) in [6, 6.07) is 0. The molecule has 0 aliphatic rings. The fourth-order valence-electron chi connectivity index (χ4n) is 5.50. The fourth-order valence-corrected chi connectivity index (χ4v) is 5.50. The third kappa shape index (κ3) is 40.2. The van der Waals surface area contributed by atoms with E-state index >= 15 is 0 Å². The molecule has 0 aliphatic heterocycles. The van der Waals surface area contributed by atoms with Crippen LogP contribution in [0.4, 0.5) is 0 Å². The van der Waals surface area contributed by atoms with Gasteiger partial charge in [0.2, 0.25) is 5.91 Å². The van der Waals surface area contributed by atoms with Crippen molar-refractivity contribution >= 4 is 5.91 Å². The van der Waals surface area contributed by atoms with Crippen LogP contribution in [0, 0.1) is 0 Å². The molecule has 1 amide bonds. The van der Waals surface area contributed by atoms with Crippen molar-refractivity contribution < 1.29 is 113 Å². The van der Waals surface area contributed by atoms with Gasteiger partial charge in [0.05, 0.1) is 184 Å². The summed E-state index contributed by atoms with van der Waals surface area (Å²) >= 11 is 0. The van der Waals surface area contributed by atoms with E-state index in [1.54, 1.807) is 0 Å². The third-order valence-electron chi connectivity index (χ3n) is 9.51. The van der Waals surface area contributed by atoms with Gasteiger partial charge in [0, 0.05) is 32.6 Å². The minimum atomic E-state index is -1.88. The van der Waals surface area contributed by atoms with Crippen LogP contribution in [0.25, 0.3) is 0 Å². The van der Waals surface area contributed by atoms with Crippen molar-refractivity contribution in [2.75, 3.05) is 198 Å². The molecule has 25 nitrogen and oxygen atoms in total. The highest BCUT2D eigenvalue weighted by atomic mass is 16.6. The number of nitrogens with one attached hydrogen (secondary N) is 1. The Labute approximate surface area is 401 Å². The first-order chi connectivity index (χ1) is 33.0. The summed E-state index contributed by atoms with van der Waals surface area (Å²) in [5.41, 5.74) is 0. The molecule has 11 N–H and O–H groups in total. The molecule has 0 rings (SSSR count). The number of amides is 1. The Morgan fingerprint density at radius 1 is 0.397 bits per heavy atom. The lowest BCUT2D eigenvalue weighted by Gasteiger charge is -2.33. The number of nitrogens with zero attached hydrogens (tertiary/aromatic N) is 1. The topological polar surface area (TPSA) is 345 Å². The Balaban J connectivity index is 3.62. The Hall–Kier alpha value is -1.45. The molecular weight excluding hydrogens is 912 g/mol. The van der Waals surface area contributed by atoms with Crippen LogP contribution in [0.2, 0.25) is 0 Å². The van der Waals surface area contributed by atoms with Gasteiger partial charge in [0.1, 0.15) is 36.6 Å². The predicted molar refractivity (Wildman–Crippen MR) is 241 cm³/mol. The van der Waals surface area contributed by atoms with E-state index in [1.807, 2.05) is 0 Å². The van der Waals surface area contributed by atoms with Crippen LogP contribution in [-0.2, 0) is 61.6 Å². The zero-order valence-electron chi connectivity index (χ0n) is 40.2. The van der Waals surface area contributed by atoms with Gasteiger partial charge in [-0.2, -0.15) is 0 Å². The summed E-state index contributed by atoms with van der Waals surface area (Å²) in [7, 11) is 0. The Kier molecular flexibility index (Phi) is 48.1. The maximum Gasteiger partial charge on any atom is 0.222 e. The second-order valence-electron chi connectivity index (χ2n) is 15.2. The minimum Gasteiger partial charge on any atom is -0.394 e. The molecule has 0 saturated carbocycles. The van der Waals surface area contributed by atoms with Crippen molar-refractivity contribution in [2.24, 2.45) is 0 Å². The minimum absolute atomic E-state index is 0.00855. The van der Waals surface area contributed by atoms with Crippen LogP contribution in [0.1, 0.15) is 26.2 Å². The molecule has 0 aromatic rings. The molecule has 68 heavy (non-hydrogen) atoms. The molecule has 0 unspecified atom stereocenters. The zero-order valence-corrected chi connectivity index (χ0v) is 40.2. The lowest BCUT2D eigenvalue weighted by Crippen LogP contribution is -2.53. The van der Waals surface area contributed by atoms with Crippen LogP contribution in [-0.4, -0.2) is 309 Å². The molecule has 0 fully saturated rings. The lowest BCUT2D eigenvalue weighted by molar-refractivity contribution is -0.131. The summed E-state index contributed by atoms with van der Waals surface area (Å²) in [5, 5.41) is 101.